The quantitative estimate of drug-likeness (QED) is 0.381. The Bertz CT molecular complexity index is 160. The number of carbonyl (C=O) groups is 1. The van der Waals surface area contributed by atoms with Crippen LogP contribution in [0, 0.1) is 5.92 Å². The molecule has 2 unspecified atom stereocenters. The molecule has 2 atom stereocenters. The van der Waals surface area contributed by atoms with Crippen LogP contribution in [0.4, 0.5) is 0 Å². The molecule has 3 N–H and O–H groups in total. The zero-order chi connectivity index (χ0) is 10.4. The van der Waals surface area contributed by atoms with E-state index in [9.17, 15) is 4.79 Å². The normalized spacial score (nSPS) is 15.5. The average molecular weight is 188 g/mol. The number of hydrogen-bond donors (Lipinski definition) is 2. The summed E-state index contributed by atoms with van der Waals surface area (Å²) in [6, 6.07) is 0. The Kier molecular flexibility index (Phi) is 5.66. The van der Waals surface area contributed by atoms with Gasteiger partial charge >= 0.3 is 0 Å². The van der Waals surface area contributed by atoms with E-state index in [1.165, 1.54) is 0 Å². The van der Waals surface area contributed by atoms with Crippen LogP contribution < -0.4 is 11.3 Å². The molecule has 0 aromatic rings. The van der Waals surface area contributed by atoms with E-state index in [2.05, 4.69) is 19.3 Å². The van der Waals surface area contributed by atoms with Gasteiger partial charge in [0.15, 0.2) is 0 Å². The van der Waals surface area contributed by atoms with Gasteiger partial charge in [0.25, 0.3) is 5.91 Å². The molecule has 0 radical (unpaired) electrons. The summed E-state index contributed by atoms with van der Waals surface area (Å²) in [7, 11) is 0. The van der Waals surface area contributed by atoms with E-state index in [0.717, 1.165) is 6.42 Å². The van der Waals surface area contributed by atoms with Gasteiger partial charge in [-0.1, -0.05) is 13.8 Å². The highest BCUT2D eigenvalue weighted by Gasteiger charge is 2.15. The Hall–Kier alpha value is -0.610. The van der Waals surface area contributed by atoms with E-state index in [-0.39, 0.29) is 12.0 Å². The van der Waals surface area contributed by atoms with Crippen molar-refractivity contribution in [3.05, 3.63) is 0 Å². The van der Waals surface area contributed by atoms with Gasteiger partial charge < -0.3 is 4.74 Å². The Morgan fingerprint density at radius 2 is 1.92 bits per heavy atom. The van der Waals surface area contributed by atoms with Gasteiger partial charge in [-0.05, 0) is 26.2 Å². The molecule has 0 rings (SSSR count). The largest absolute Gasteiger partial charge is 0.366 e. The first-order valence-corrected chi connectivity index (χ1v) is 4.63. The monoisotopic (exact) mass is 188 g/mol. The first kappa shape index (κ1) is 12.4. The number of nitrogens with two attached hydrogens (primary N) is 1. The van der Waals surface area contributed by atoms with Crippen LogP contribution in [-0.4, -0.2) is 18.1 Å². The second-order valence-electron chi connectivity index (χ2n) is 3.73. The maximum atomic E-state index is 11.0. The summed E-state index contributed by atoms with van der Waals surface area (Å²) < 4.78 is 5.42. The highest BCUT2D eigenvalue weighted by atomic mass is 16.5. The molecule has 13 heavy (non-hydrogen) atoms. The summed E-state index contributed by atoms with van der Waals surface area (Å²) in [6.45, 7) is 7.89. The van der Waals surface area contributed by atoms with E-state index in [4.69, 9.17) is 10.6 Å². The Balaban J connectivity index is 3.77. The third kappa shape index (κ3) is 5.60. The highest BCUT2D eigenvalue weighted by molar-refractivity contribution is 5.79. The molecule has 0 heterocycles. The molecular formula is C9H20N2O2. The molecule has 0 aromatic heterocycles. The van der Waals surface area contributed by atoms with Crippen LogP contribution in [0.15, 0.2) is 0 Å². The van der Waals surface area contributed by atoms with E-state index in [1.54, 1.807) is 6.92 Å². The van der Waals surface area contributed by atoms with Gasteiger partial charge in [0.05, 0.1) is 6.10 Å². The van der Waals surface area contributed by atoms with E-state index in [1.807, 2.05) is 6.92 Å². The van der Waals surface area contributed by atoms with Crippen molar-refractivity contribution in [1.82, 2.24) is 5.43 Å². The molecule has 0 saturated heterocycles. The fraction of sp³-hybridized carbons (Fsp3) is 0.889. The van der Waals surface area contributed by atoms with E-state index >= 15 is 0 Å². The molecule has 1 amide bonds. The van der Waals surface area contributed by atoms with Crippen LogP contribution in [0.1, 0.15) is 34.1 Å². The minimum absolute atomic E-state index is 0.0901. The van der Waals surface area contributed by atoms with Crippen LogP contribution in [0.5, 0.6) is 0 Å². The fourth-order valence-corrected chi connectivity index (χ4v) is 1.25. The summed E-state index contributed by atoms with van der Waals surface area (Å²) in [5.74, 6) is 5.26. The van der Waals surface area contributed by atoms with Crippen molar-refractivity contribution in [2.24, 2.45) is 11.8 Å². The van der Waals surface area contributed by atoms with Crippen molar-refractivity contribution < 1.29 is 9.53 Å². The second kappa shape index (κ2) is 5.94. The Labute approximate surface area is 79.8 Å². The lowest BCUT2D eigenvalue weighted by molar-refractivity contribution is -0.135. The number of rotatable bonds is 5. The lowest BCUT2D eigenvalue weighted by atomic mass is 10.1. The molecule has 0 aliphatic rings. The molecule has 0 spiro atoms. The maximum Gasteiger partial charge on any atom is 0.262 e. The first-order chi connectivity index (χ1) is 5.97. The highest BCUT2D eigenvalue weighted by Crippen LogP contribution is 2.09. The van der Waals surface area contributed by atoms with Crippen molar-refractivity contribution in [3.8, 4) is 0 Å². The minimum Gasteiger partial charge on any atom is -0.366 e. The van der Waals surface area contributed by atoms with Gasteiger partial charge in [-0.15, -0.1) is 0 Å². The van der Waals surface area contributed by atoms with Crippen LogP contribution in [0.2, 0.25) is 0 Å². The third-order valence-corrected chi connectivity index (χ3v) is 1.75. The van der Waals surface area contributed by atoms with Crippen LogP contribution in [0.25, 0.3) is 0 Å². The Morgan fingerprint density at radius 1 is 1.38 bits per heavy atom. The van der Waals surface area contributed by atoms with Crippen molar-refractivity contribution in [2.75, 3.05) is 0 Å². The molecule has 0 aliphatic carbocycles. The standard InChI is InChI=1S/C9H20N2O2/c1-6(2)5-7(3)13-8(4)9(12)11-10/h6-8H,5,10H2,1-4H3,(H,11,12). The zero-order valence-electron chi connectivity index (χ0n) is 8.83. The molecule has 78 valence electrons. The predicted octanol–water partition coefficient (Wildman–Crippen LogP) is 0.816. The summed E-state index contributed by atoms with van der Waals surface area (Å²) in [6.07, 6.45) is 0.563. The first-order valence-electron chi connectivity index (χ1n) is 4.63. The summed E-state index contributed by atoms with van der Waals surface area (Å²) in [5.41, 5.74) is 2.06. The van der Waals surface area contributed by atoms with Crippen LogP contribution in [-0.2, 0) is 9.53 Å². The summed E-state index contributed by atoms with van der Waals surface area (Å²) >= 11 is 0. The molecule has 0 fully saturated rings. The zero-order valence-corrected chi connectivity index (χ0v) is 8.83. The van der Waals surface area contributed by atoms with Gasteiger partial charge in [-0.25, -0.2) is 5.84 Å². The summed E-state index contributed by atoms with van der Waals surface area (Å²) in [5, 5.41) is 0. The van der Waals surface area contributed by atoms with Gasteiger partial charge in [0.2, 0.25) is 0 Å². The maximum absolute atomic E-state index is 11.0. The van der Waals surface area contributed by atoms with Crippen molar-refractivity contribution in [2.45, 2.75) is 46.3 Å². The van der Waals surface area contributed by atoms with Crippen LogP contribution in [0.3, 0.4) is 0 Å². The molecular weight excluding hydrogens is 168 g/mol. The molecule has 0 aliphatic heterocycles. The molecule has 4 heteroatoms. The van der Waals surface area contributed by atoms with Crippen molar-refractivity contribution in [3.63, 3.8) is 0 Å². The van der Waals surface area contributed by atoms with Gasteiger partial charge in [0, 0.05) is 0 Å². The third-order valence-electron chi connectivity index (χ3n) is 1.75. The number of hydrogen-bond acceptors (Lipinski definition) is 3. The number of nitrogens with one attached hydrogen (secondary N) is 1. The van der Waals surface area contributed by atoms with E-state index in [0.29, 0.717) is 5.92 Å². The minimum atomic E-state index is -0.473. The Morgan fingerprint density at radius 3 is 2.31 bits per heavy atom. The van der Waals surface area contributed by atoms with E-state index < -0.39 is 6.10 Å². The number of hydrazine groups is 1. The SMILES string of the molecule is CC(C)CC(C)OC(C)C(=O)NN. The topological polar surface area (TPSA) is 64.3 Å². The van der Waals surface area contributed by atoms with Crippen molar-refractivity contribution in [1.29, 1.82) is 0 Å². The lowest BCUT2D eigenvalue weighted by Gasteiger charge is -2.19. The lowest BCUT2D eigenvalue weighted by Crippen LogP contribution is -2.40. The number of amides is 1. The average Bonchev–Trinajstić information content (AvgIpc) is 2.01. The second-order valence-corrected chi connectivity index (χ2v) is 3.73. The molecule has 4 nitrogen and oxygen atoms in total. The predicted molar refractivity (Wildman–Crippen MR) is 51.8 cm³/mol. The fourth-order valence-electron chi connectivity index (χ4n) is 1.25. The smallest absolute Gasteiger partial charge is 0.262 e. The van der Waals surface area contributed by atoms with Gasteiger partial charge in [0.1, 0.15) is 6.10 Å². The number of carbonyl (C=O) groups excluding carboxylic acids is 1. The van der Waals surface area contributed by atoms with Crippen LogP contribution >= 0.6 is 0 Å². The van der Waals surface area contributed by atoms with Gasteiger partial charge in [-0.2, -0.15) is 0 Å². The summed E-state index contributed by atoms with van der Waals surface area (Å²) in [4.78, 5) is 11.0. The molecule has 0 bridgehead atoms. The molecule has 0 aromatic carbocycles. The molecule has 0 saturated carbocycles. The van der Waals surface area contributed by atoms with Crippen molar-refractivity contribution >= 4 is 5.91 Å². The number of ether oxygens (including phenoxy) is 1. The van der Waals surface area contributed by atoms with Gasteiger partial charge in [-0.3, -0.25) is 10.2 Å².